The summed E-state index contributed by atoms with van der Waals surface area (Å²) >= 11 is 0. The molecule has 0 aliphatic carbocycles. The summed E-state index contributed by atoms with van der Waals surface area (Å²) in [5.41, 5.74) is 2.92. The Hall–Kier alpha value is -3.16. The Morgan fingerprint density at radius 3 is 2.76 bits per heavy atom. The van der Waals surface area contributed by atoms with Crippen LogP contribution in [0.15, 0.2) is 35.4 Å². The van der Waals surface area contributed by atoms with Gasteiger partial charge >= 0.3 is 5.69 Å². The number of piperidine rings is 1. The van der Waals surface area contributed by atoms with Crippen molar-refractivity contribution in [3.63, 3.8) is 0 Å². The average Bonchev–Trinajstić information content (AvgIpc) is 3.01. The third kappa shape index (κ3) is 3.87. The number of rotatable bonds is 4. The molecule has 8 nitrogen and oxygen atoms in total. The van der Waals surface area contributed by atoms with E-state index >= 15 is 0 Å². The summed E-state index contributed by atoms with van der Waals surface area (Å²) in [5.74, 6) is 1.11. The van der Waals surface area contributed by atoms with E-state index in [0.717, 1.165) is 42.7 Å². The highest BCUT2D eigenvalue weighted by Gasteiger charge is 2.22. The van der Waals surface area contributed by atoms with Gasteiger partial charge in [-0.2, -0.15) is 0 Å². The van der Waals surface area contributed by atoms with E-state index in [9.17, 15) is 9.59 Å². The van der Waals surface area contributed by atoms with Gasteiger partial charge in [-0.05, 0) is 49.8 Å². The molecule has 0 atom stereocenters. The van der Waals surface area contributed by atoms with E-state index in [-0.39, 0.29) is 18.1 Å². The van der Waals surface area contributed by atoms with E-state index in [1.165, 1.54) is 9.08 Å². The monoisotopic (exact) mass is 394 g/mol. The maximum atomic E-state index is 12.8. The topological polar surface area (TPSA) is 84.5 Å². The van der Waals surface area contributed by atoms with E-state index in [1.54, 1.807) is 12.4 Å². The number of fused-ring (bicyclic) bond motifs is 1. The number of nitrogens with zero attached hydrogens (tertiary/aromatic N) is 5. The molecule has 3 heterocycles. The molecular formula is C21H26N6O2. The molecule has 1 aromatic carbocycles. The summed E-state index contributed by atoms with van der Waals surface area (Å²) in [6.45, 7) is 7.79. The lowest BCUT2D eigenvalue weighted by atomic mass is 9.99. The number of nitrogens with one attached hydrogen (secondary N) is 1. The number of hydrogen-bond donors (Lipinski definition) is 1. The molecular weight excluding hydrogens is 368 g/mol. The molecule has 0 spiro atoms. The van der Waals surface area contributed by atoms with E-state index < -0.39 is 0 Å². The van der Waals surface area contributed by atoms with Crippen LogP contribution in [0.4, 0.5) is 11.5 Å². The lowest BCUT2D eigenvalue weighted by Crippen LogP contribution is -2.33. The van der Waals surface area contributed by atoms with Gasteiger partial charge in [0, 0.05) is 31.2 Å². The molecule has 0 radical (unpaired) electrons. The minimum Gasteiger partial charge on any atom is -0.353 e. The number of carbonyl (C=O) groups is 1. The van der Waals surface area contributed by atoms with Crippen molar-refractivity contribution in [1.29, 1.82) is 0 Å². The van der Waals surface area contributed by atoms with Crippen LogP contribution >= 0.6 is 0 Å². The van der Waals surface area contributed by atoms with Crippen molar-refractivity contribution >= 4 is 23.1 Å². The highest BCUT2D eigenvalue weighted by molar-refractivity contribution is 5.91. The van der Waals surface area contributed by atoms with Crippen LogP contribution in [0.25, 0.3) is 5.65 Å². The minimum atomic E-state index is -0.342. The van der Waals surface area contributed by atoms with Crippen molar-refractivity contribution < 1.29 is 4.79 Å². The Morgan fingerprint density at radius 2 is 2.00 bits per heavy atom. The first-order chi connectivity index (χ1) is 13.9. The largest absolute Gasteiger partial charge is 0.353 e. The van der Waals surface area contributed by atoms with E-state index in [2.05, 4.69) is 27.2 Å². The van der Waals surface area contributed by atoms with Crippen LogP contribution in [-0.4, -0.2) is 38.2 Å². The van der Waals surface area contributed by atoms with Crippen molar-refractivity contribution in [3.8, 4) is 0 Å². The molecule has 4 rings (SSSR count). The summed E-state index contributed by atoms with van der Waals surface area (Å²) in [6.07, 6.45) is 5.39. The molecule has 1 fully saturated rings. The second kappa shape index (κ2) is 7.69. The molecule has 0 unspecified atom stereocenters. The molecule has 3 aromatic rings. The second-order valence-corrected chi connectivity index (χ2v) is 7.92. The molecule has 2 aromatic heterocycles. The van der Waals surface area contributed by atoms with Crippen molar-refractivity contribution in [2.45, 2.75) is 40.2 Å². The molecule has 8 heteroatoms. The second-order valence-electron chi connectivity index (χ2n) is 7.92. The summed E-state index contributed by atoms with van der Waals surface area (Å²) in [6, 6.07) is 5.87. The zero-order valence-corrected chi connectivity index (χ0v) is 17.1. The molecule has 1 aliphatic heterocycles. The van der Waals surface area contributed by atoms with Crippen molar-refractivity contribution in [3.05, 3.63) is 52.2 Å². The van der Waals surface area contributed by atoms with Gasteiger partial charge in [-0.3, -0.25) is 4.79 Å². The van der Waals surface area contributed by atoms with Crippen molar-refractivity contribution in [2.24, 2.45) is 5.92 Å². The van der Waals surface area contributed by atoms with Crippen LogP contribution < -0.4 is 15.9 Å². The quantitative estimate of drug-likeness (QED) is 0.734. The Morgan fingerprint density at radius 1 is 1.24 bits per heavy atom. The standard InChI is InChI=1S/C21H26N6O2/c1-14-6-9-25(10-7-14)19-20-24-27(21(29)26(20)11-8-22-19)13-18(28)23-17-12-15(2)4-5-16(17)3/h4-5,8,11-12,14H,6-7,9-10,13H2,1-3H3,(H,23,28). The number of hydrogen-bond acceptors (Lipinski definition) is 5. The van der Waals surface area contributed by atoms with Crippen molar-refractivity contribution in [1.82, 2.24) is 19.2 Å². The van der Waals surface area contributed by atoms with Gasteiger partial charge < -0.3 is 10.2 Å². The Labute approximate surface area is 169 Å². The Balaban J connectivity index is 1.59. The summed E-state index contributed by atoms with van der Waals surface area (Å²) in [7, 11) is 0. The van der Waals surface area contributed by atoms with Crippen LogP contribution in [0.3, 0.4) is 0 Å². The van der Waals surface area contributed by atoms with Gasteiger partial charge in [0.05, 0.1) is 0 Å². The first-order valence-electron chi connectivity index (χ1n) is 9.98. The number of amides is 1. The smallest absolute Gasteiger partial charge is 0.350 e. The first kappa shape index (κ1) is 19.2. The van der Waals surface area contributed by atoms with Crippen LogP contribution in [0.1, 0.15) is 30.9 Å². The molecule has 0 bridgehead atoms. The highest BCUT2D eigenvalue weighted by atomic mass is 16.2. The predicted octanol–water partition coefficient (Wildman–Crippen LogP) is 2.38. The van der Waals surface area contributed by atoms with Crippen LogP contribution in [0, 0.1) is 19.8 Å². The summed E-state index contributed by atoms with van der Waals surface area (Å²) < 4.78 is 2.67. The maximum absolute atomic E-state index is 12.8. The lowest BCUT2D eigenvalue weighted by molar-refractivity contribution is -0.117. The predicted molar refractivity (Wildman–Crippen MR) is 112 cm³/mol. The minimum absolute atomic E-state index is 0.148. The SMILES string of the molecule is Cc1ccc(C)c(NC(=O)Cn2nc3c(N4CCC(C)CC4)nccn3c2=O)c1. The van der Waals surface area contributed by atoms with E-state index in [1.807, 2.05) is 32.0 Å². The van der Waals surface area contributed by atoms with Crippen LogP contribution in [0.2, 0.25) is 0 Å². The van der Waals surface area contributed by atoms with Gasteiger partial charge in [0.1, 0.15) is 6.54 Å². The maximum Gasteiger partial charge on any atom is 0.350 e. The molecule has 1 N–H and O–H groups in total. The molecule has 0 saturated carbocycles. The van der Waals surface area contributed by atoms with Crippen LogP contribution in [-0.2, 0) is 11.3 Å². The van der Waals surface area contributed by atoms with E-state index in [0.29, 0.717) is 17.4 Å². The van der Waals surface area contributed by atoms with Gasteiger partial charge in [0.15, 0.2) is 5.82 Å². The highest BCUT2D eigenvalue weighted by Crippen LogP contribution is 2.23. The normalized spacial score (nSPS) is 15.1. The fraction of sp³-hybridized carbons (Fsp3) is 0.429. The number of carbonyl (C=O) groups excluding carboxylic acids is 1. The zero-order valence-electron chi connectivity index (χ0n) is 17.1. The Kier molecular flexibility index (Phi) is 5.08. The third-order valence-electron chi connectivity index (χ3n) is 5.53. The molecule has 152 valence electrons. The summed E-state index contributed by atoms with van der Waals surface area (Å²) in [5, 5.41) is 7.31. The van der Waals surface area contributed by atoms with Gasteiger partial charge in [-0.1, -0.05) is 19.1 Å². The van der Waals surface area contributed by atoms with Gasteiger partial charge in [0.25, 0.3) is 0 Å². The number of anilines is 2. The molecule has 1 aliphatic rings. The number of aromatic nitrogens is 4. The fourth-order valence-corrected chi connectivity index (χ4v) is 3.68. The third-order valence-corrected chi connectivity index (χ3v) is 5.53. The number of benzene rings is 1. The zero-order chi connectivity index (χ0) is 20.5. The number of aryl methyl sites for hydroxylation is 2. The fourth-order valence-electron chi connectivity index (χ4n) is 3.68. The van der Waals surface area contributed by atoms with E-state index in [4.69, 9.17) is 0 Å². The molecule has 1 amide bonds. The first-order valence-corrected chi connectivity index (χ1v) is 9.98. The average molecular weight is 394 g/mol. The summed E-state index contributed by atoms with van der Waals surface area (Å²) in [4.78, 5) is 31.9. The lowest BCUT2D eigenvalue weighted by Gasteiger charge is -2.30. The van der Waals surface area contributed by atoms with Crippen LogP contribution in [0.5, 0.6) is 0 Å². The molecule has 29 heavy (non-hydrogen) atoms. The Bertz CT molecular complexity index is 1110. The van der Waals surface area contributed by atoms with Gasteiger partial charge in [-0.25, -0.2) is 18.9 Å². The van der Waals surface area contributed by atoms with Crippen molar-refractivity contribution in [2.75, 3.05) is 23.3 Å². The molecule has 1 saturated heterocycles. The van der Waals surface area contributed by atoms with Gasteiger partial charge in [-0.15, -0.1) is 5.10 Å². The van der Waals surface area contributed by atoms with Gasteiger partial charge in [0.2, 0.25) is 11.6 Å².